The van der Waals surface area contributed by atoms with Crippen molar-refractivity contribution >= 4 is 27.7 Å². The maximum Gasteiger partial charge on any atom is 0.0311 e. The molecule has 0 aromatic heterocycles. The molecule has 1 aromatic rings. The molecular formula is C11H15BrS. The second kappa shape index (κ2) is 6.50. The third-order valence-electron chi connectivity index (χ3n) is 1.84. The van der Waals surface area contributed by atoms with E-state index in [9.17, 15) is 0 Å². The largest absolute Gasteiger partial charge is 0.125 e. The van der Waals surface area contributed by atoms with Gasteiger partial charge in [-0.2, -0.15) is 0 Å². The highest BCUT2D eigenvalue weighted by Gasteiger charge is 1.97. The minimum atomic E-state index is 1.22. The van der Waals surface area contributed by atoms with Crippen LogP contribution in [-0.2, 0) is 0 Å². The zero-order valence-corrected chi connectivity index (χ0v) is 10.3. The molecular weight excluding hydrogens is 244 g/mol. The van der Waals surface area contributed by atoms with Crippen molar-refractivity contribution in [1.29, 1.82) is 0 Å². The molecule has 0 N–H and O–H groups in total. The number of thioether (sulfide) groups is 1. The first-order valence-corrected chi connectivity index (χ1v) is 6.49. The van der Waals surface area contributed by atoms with Crippen LogP contribution in [0.1, 0.15) is 26.2 Å². The Morgan fingerprint density at radius 3 is 2.69 bits per heavy atom. The van der Waals surface area contributed by atoms with Gasteiger partial charge in [-0.15, -0.1) is 11.8 Å². The molecule has 1 aromatic carbocycles. The van der Waals surface area contributed by atoms with Crippen molar-refractivity contribution < 1.29 is 0 Å². The molecule has 0 saturated carbocycles. The normalized spacial score (nSPS) is 10.3. The Morgan fingerprint density at radius 2 is 2.00 bits per heavy atom. The number of halogens is 1. The molecule has 0 fully saturated rings. The Morgan fingerprint density at radius 1 is 1.23 bits per heavy atom. The molecule has 1 rings (SSSR count). The highest BCUT2D eigenvalue weighted by atomic mass is 79.9. The zero-order chi connectivity index (χ0) is 9.52. The first-order valence-electron chi connectivity index (χ1n) is 4.72. The van der Waals surface area contributed by atoms with Gasteiger partial charge in [0.25, 0.3) is 0 Å². The predicted octanol–water partition coefficient (Wildman–Crippen LogP) is 4.73. The average Bonchev–Trinajstić information content (AvgIpc) is 2.15. The Kier molecular flexibility index (Phi) is 5.56. The van der Waals surface area contributed by atoms with E-state index in [1.165, 1.54) is 34.4 Å². The van der Waals surface area contributed by atoms with Crippen LogP contribution >= 0.6 is 27.7 Å². The Bertz CT molecular complexity index is 248. The molecule has 0 aliphatic rings. The van der Waals surface area contributed by atoms with Crippen LogP contribution in [0.5, 0.6) is 0 Å². The summed E-state index contributed by atoms with van der Waals surface area (Å²) in [6.45, 7) is 2.24. The highest BCUT2D eigenvalue weighted by molar-refractivity contribution is 9.10. The monoisotopic (exact) mass is 258 g/mol. The minimum Gasteiger partial charge on any atom is -0.125 e. The molecule has 0 amide bonds. The van der Waals surface area contributed by atoms with Gasteiger partial charge in [-0.1, -0.05) is 31.9 Å². The van der Waals surface area contributed by atoms with Crippen molar-refractivity contribution in [3.63, 3.8) is 0 Å². The molecule has 0 atom stereocenters. The lowest BCUT2D eigenvalue weighted by Crippen LogP contribution is -1.80. The van der Waals surface area contributed by atoms with Crippen LogP contribution in [-0.4, -0.2) is 5.75 Å². The van der Waals surface area contributed by atoms with Crippen molar-refractivity contribution in [2.24, 2.45) is 0 Å². The van der Waals surface area contributed by atoms with E-state index in [4.69, 9.17) is 0 Å². The lowest BCUT2D eigenvalue weighted by Gasteiger charge is -2.02. The lowest BCUT2D eigenvalue weighted by molar-refractivity contribution is 0.778. The first-order chi connectivity index (χ1) is 6.34. The third kappa shape index (κ3) is 4.19. The smallest absolute Gasteiger partial charge is 0.0311 e. The molecule has 0 bridgehead atoms. The zero-order valence-electron chi connectivity index (χ0n) is 7.92. The van der Waals surface area contributed by atoms with Gasteiger partial charge < -0.3 is 0 Å². The van der Waals surface area contributed by atoms with Crippen LogP contribution in [0.2, 0.25) is 0 Å². The lowest BCUT2D eigenvalue weighted by atomic mass is 10.3. The number of rotatable bonds is 5. The molecule has 0 spiro atoms. The maximum absolute atomic E-state index is 3.54. The Hall–Kier alpha value is 0.0500. The van der Waals surface area contributed by atoms with Crippen molar-refractivity contribution in [3.8, 4) is 0 Å². The topological polar surface area (TPSA) is 0 Å². The SMILES string of the molecule is CCCCCSc1ccccc1Br. The molecule has 0 heterocycles. The highest BCUT2D eigenvalue weighted by Crippen LogP contribution is 2.27. The van der Waals surface area contributed by atoms with E-state index in [2.05, 4.69) is 47.1 Å². The van der Waals surface area contributed by atoms with E-state index < -0.39 is 0 Å². The fourth-order valence-electron chi connectivity index (χ4n) is 1.10. The molecule has 0 radical (unpaired) electrons. The van der Waals surface area contributed by atoms with Gasteiger partial charge in [0.2, 0.25) is 0 Å². The molecule has 2 heteroatoms. The van der Waals surface area contributed by atoms with Gasteiger partial charge >= 0.3 is 0 Å². The Labute approximate surface area is 93.2 Å². The predicted molar refractivity (Wildman–Crippen MR) is 64.4 cm³/mol. The summed E-state index contributed by atoms with van der Waals surface area (Å²) < 4.78 is 1.22. The maximum atomic E-state index is 3.54. The molecule has 0 unspecified atom stereocenters. The Balaban J connectivity index is 2.32. The van der Waals surface area contributed by atoms with Gasteiger partial charge in [0, 0.05) is 9.37 Å². The van der Waals surface area contributed by atoms with Crippen LogP contribution in [0, 0.1) is 0 Å². The van der Waals surface area contributed by atoms with E-state index in [-0.39, 0.29) is 0 Å². The van der Waals surface area contributed by atoms with Crippen LogP contribution in [0.4, 0.5) is 0 Å². The van der Waals surface area contributed by atoms with Gasteiger partial charge in [-0.25, -0.2) is 0 Å². The summed E-state index contributed by atoms with van der Waals surface area (Å²) in [6, 6.07) is 8.41. The minimum absolute atomic E-state index is 1.22. The number of hydrogen-bond acceptors (Lipinski definition) is 1. The fourth-order valence-corrected chi connectivity index (χ4v) is 2.67. The summed E-state index contributed by atoms with van der Waals surface area (Å²) in [5.41, 5.74) is 0. The molecule has 0 aliphatic heterocycles. The second-order valence-electron chi connectivity index (χ2n) is 2.99. The fraction of sp³-hybridized carbons (Fsp3) is 0.455. The first kappa shape index (κ1) is 11.1. The number of unbranched alkanes of at least 4 members (excludes halogenated alkanes) is 2. The summed E-state index contributed by atoms with van der Waals surface area (Å²) >= 11 is 5.48. The van der Waals surface area contributed by atoms with Gasteiger partial charge in [0.1, 0.15) is 0 Å². The van der Waals surface area contributed by atoms with Crippen LogP contribution in [0.15, 0.2) is 33.6 Å². The average molecular weight is 259 g/mol. The van der Waals surface area contributed by atoms with E-state index in [1.807, 2.05) is 11.8 Å². The standard InChI is InChI=1S/C11H15BrS/c1-2-3-6-9-13-11-8-5-4-7-10(11)12/h4-5,7-8H,2-3,6,9H2,1H3. The number of hydrogen-bond donors (Lipinski definition) is 0. The molecule has 0 nitrogen and oxygen atoms in total. The van der Waals surface area contributed by atoms with Crippen molar-refractivity contribution in [2.45, 2.75) is 31.1 Å². The summed E-state index contributed by atoms with van der Waals surface area (Å²) in [5.74, 6) is 1.23. The van der Waals surface area contributed by atoms with Crippen LogP contribution < -0.4 is 0 Å². The van der Waals surface area contributed by atoms with Crippen molar-refractivity contribution in [1.82, 2.24) is 0 Å². The van der Waals surface area contributed by atoms with E-state index in [0.29, 0.717) is 0 Å². The van der Waals surface area contributed by atoms with Gasteiger partial charge in [0.05, 0.1) is 0 Å². The molecule has 13 heavy (non-hydrogen) atoms. The quantitative estimate of drug-likeness (QED) is 0.544. The molecule has 72 valence electrons. The number of benzene rings is 1. The summed E-state index contributed by atoms with van der Waals surface area (Å²) in [7, 11) is 0. The second-order valence-corrected chi connectivity index (χ2v) is 4.98. The van der Waals surface area contributed by atoms with Crippen molar-refractivity contribution in [3.05, 3.63) is 28.7 Å². The van der Waals surface area contributed by atoms with Gasteiger partial charge in [0.15, 0.2) is 0 Å². The summed E-state index contributed by atoms with van der Waals surface area (Å²) in [5, 5.41) is 0. The van der Waals surface area contributed by atoms with E-state index >= 15 is 0 Å². The van der Waals surface area contributed by atoms with Gasteiger partial charge in [-0.05, 0) is 40.2 Å². The third-order valence-corrected chi connectivity index (χ3v) is 3.96. The molecule has 0 aliphatic carbocycles. The van der Waals surface area contributed by atoms with E-state index in [1.54, 1.807) is 0 Å². The van der Waals surface area contributed by atoms with Crippen LogP contribution in [0.3, 0.4) is 0 Å². The van der Waals surface area contributed by atoms with E-state index in [0.717, 1.165) is 0 Å². The van der Waals surface area contributed by atoms with Gasteiger partial charge in [-0.3, -0.25) is 0 Å². The van der Waals surface area contributed by atoms with Crippen LogP contribution in [0.25, 0.3) is 0 Å². The molecule has 0 saturated heterocycles. The summed E-state index contributed by atoms with van der Waals surface area (Å²) in [6.07, 6.45) is 3.97. The summed E-state index contributed by atoms with van der Waals surface area (Å²) in [4.78, 5) is 1.36. The van der Waals surface area contributed by atoms with Crippen molar-refractivity contribution in [2.75, 3.05) is 5.75 Å².